The van der Waals surface area contributed by atoms with Crippen LogP contribution in [0, 0.1) is 6.92 Å². The molecule has 1 amide bonds. The first kappa shape index (κ1) is 28.4. The highest BCUT2D eigenvalue weighted by Crippen LogP contribution is 2.46. The summed E-state index contributed by atoms with van der Waals surface area (Å²) in [5.74, 6) is 0.185. The van der Waals surface area contributed by atoms with Crippen LogP contribution >= 0.6 is 0 Å². The number of hydrogen-bond acceptors (Lipinski definition) is 8. The van der Waals surface area contributed by atoms with Crippen molar-refractivity contribution >= 4 is 17.4 Å². The summed E-state index contributed by atoms with van der Waals surface area (Å²) in [7, 11) is 4.44. The van der Waals surface area contributed by atoms with Gasteiger partial charge in [0.15, 0.2) is 11.5 Å². The number of methoxy groups -OCH3 is 3. The Morgan fingerprint density at radius 1 is 0.905 bits per heavy atom. The number of aliphatic hydroxyl groups excluding tert-OH is 1. The summed E-state index contributed by atoms with van der Waals surface area (Å²) >= 11 is 0. The van der Waals surface area contributed by atoms with Crippen molar-refractivity contribution in [2.24, 2.45) is 0 Å². The molecule has 1 atom stereocenters. The van der Waals surface area contributed by atoms with E-state index in [1.54, 1.807) is 48.5 Å². The van der Waals surface area contributed by atoms with Crippen LogP contribution in [0.1, 0.15) is 34.1 Å². The van der Waals surface area contributed by atoms with Gasteiger partial charge in [-0.2, -0.15) is 0 Å². The second kappa shape index (κ2) is 12.1. The Morgan fingerprint density at radius 2 is 1.60 bits per heavy atom. The molecule has 9 nitrogen and oxygen atoms in total. The third kappa shape index (κ3) is 5.41. The average Bonchev–Trinajstić information content (AvgIpc) is 3.62. The van der Waals surface area contributed by atoms with Gasteiger partial charge in [0.05, 0.1) is 45.8 Å². The lowest BCUT2D eigenvalue weighted by Gasteiger charge is -2.26. The second-order valence-corrected chi connectivity index (χ2v) is 9.70. The minimum atomic E-state index is -0.971. The zero-order valence-corrected chi connectivity index (χ0v) is 23.7. The number of Topliss-reactive ketones (excluding diaryl/α,β-unsaturated/α-hetero) is 1. The lowest BCUT2D eigenvalue weighted by atomic mass is 9.94. The summed E-state index contributed by atoms with van der Waals surface area (Å²) < 4.78 is 27.9. The van der Waals surface area contributed by atoms with E-state index >= 15 is 0 Å². The highest BCUT2D eigenvalue weighted by Gasteiger charge is 2.47. The molecule has 216 valence electrons. The molecule has 3 aromatic carbocycles. The molecule has 0 saturated carbocycles. The first-order valence-electron chi connectivity index (χ1n) is 13.2. The number of nitrogens with zero attached hydrogens (tertiary/aromatic N) is 1. The Morgan fingerprint density at radius 3 is 2.19 bits per heavy atom. The van der Waals surface area contributed by atoms with Gasteiger partial charge in [-0.25, -0.2) is 0 Å². The van der Waals surface area contributed by atoms with Crippen LogP contribution in [0.4, 0.5) is 0 Å². The highest BCUT2D eigenvalue weighted by molar-refractivity contribution is 6.46. The number of benzene rings is 3. The Hall–Kier alpha value is -5.18. The summed E-state index contributed by atoms with van der Waals surface area (Å²) in [6, 6.07) is 20.4. The largest absolute Gasteiger partial charge is 0.507 e. The topological polar surface area (TPSA) is 108 Å². The van der Waals surface area contributed by atoms with Crippen molar-refractivity contribution in [2.45, 2.75) is 26.1 Å². The van der Waals surface area contributed by atoms with E-state index in [-0.39, 0.29) is 17.9 Å². The first-order chi connectivity index (χ1) is 20.4. The van der Waals surface area contributed by atoms with Crippen LogP contribution in [-0.4, -0.2) is 43.0 Å². The van der Waals surface area contributed by atoms with Gasteiger partial charge in [-0.1, -0.05) is 24.3 Å². The number of aliphatic hydroxyl groups is 1. The maximum Gasteiger partial charge on any atom is 0.296 e. The Kier molecular flexibility index (Phi) is 8.19. The summed E-state index contributed by atoms with van der Waals surface area (Å²) in [5.41, 5.74) is 2.94. The molecule has 4 aromatic rings. The van der Waals surface area contributed by atoms with Crippen molar-refractivity contribution in [3.05, 3.63) is 113 Å². The third-order valence-corrected chi connectivity index (χ3v) is 7.23. The number of carbonyl (C=O) groups excluding carboxylic acids is 2. The van der Waals surface area contributed by atoms with Gasteiger partial charge in [-0.05, 0) is 72.1 Å². The number of amides is 1. The lowest BCUT2D eigenvalue weighted by molar-refractivity contribution is -0.140. The fraction of sp³-hybridized carbons (Fsp3) is 0.212. The number of rotatable bonds is 10. The highest BCUT2D eigenvalue weighted by atomic mass is 16.5. The fourth-order valence-electron chi connectivity index (χ4n) is 5.02. The fourth-order valence-corrected chi connectivity index (χ4v) is 5.02. The molecule has 0 aliphatic carbocycles. The molecule has 1 N–H and O–H groups in total. The van der Waals surface area contributed by atoms with Gasteiger partial charge in [0, 0.05) is 5.56 Å². The van der Waals surface area contributed by atoms with E-state index in [0.29, 0.717) is 46.5 Å². The van der Waals surface area contributed by atoms with Crippen LogP contribution in [0.5, 0.6) is 23.0 Å². The second-order valence-electron chi connectivity index (χ2n) is 9.70. The first-order valence-corrected chi connectivity index (χ1v) is 13.2. The van der Waals surface area contributed by atoms with Crippen LogP contribution in [0.3, 0.4) is 0 Å². The monoisotopic (exact) mass is 569 g/mol. The number of ketones is 1. The molecule has 42 heavy (non-hydrogen) atoms. The standard InChI is InChI=1S/C33H31NO8/c1-20-8-5-6-9-22(20)19-42-24-13-11-21(12-14-24)30(35)28-29(23-16-26(38-2)32(40-4)27(17-23)39-3)34(33(37)31(28)36)18-25-10-7-15-41-25/h5-17,29,35H,18-19H2,1-4H3/t29-/m1/s1. The lowest BCUT2D eigenvalue weighted by Crippen LogP contribution is -2.29. The van der Waals surface area contributed by atoms with E-state index < -0.39 is 17.7 Å². The molecule has 0 radical (unpaired) electrons. The van der Waals surface area contributed by atoms with E-state index in [1.165, 1.54) is 32.5 Å². The molecule has 0 unspecified atom stereocenters. The quantitative estimate of drug-likeness (QED) is 0.145. The van der Waals surface area contributed by atoms with Crippen LogP contribution in [-0.2, 0) is 22.7 Å². The van der Waals surface area contributed by atoms with E-state index in [0.717, 1.165) is 11.1 Å². The molecule has 0 bridgehead atoms. The van der Waals surface area contributed by atoms with Crippen molar-refractivity contribution in [3.63, 3.8) is 0 Å². The molecular formula is C33H31NO8. The van der Waals surface area contributed by atoms with Crippen molar-refractivity contribution < 1.29 is 38.1 Å². The molecule has 5 rings (SSSR count). The van der Waals surface area contributed by atoms with E-state index in [2.05, 4.69) is 0 Å². The average molecular weight is 570 g/mol. The Labute approximate surface area is 243 Å². The van der Waals surface area contributed by atoms with Gasteiger partial charge in [-0.15, -0.1) is 0 Å². The Bertz CT molecular complexity index is 1600. The van der Waals surface area contributed by atoms with E-state index in [4.69, 9.17) is 23.4 Å². The molecule has 1 aliphatic rings. The summed E-state index contributed by atoms with van der Waals surface area (Å²) in [6.07, 6.45) is 1.49. The minimum absolute atomic E-state index is 0.00135. The summed E-state index contributed by atoms with van der Waals surface area (Å²) in [6.45, 7) is 2.41. The van der Waals surface area contributed by atoms with Gasteiger partial charge >= 0.3 is 0 Å². The molecule has 9 heteroatoms. The van der Waals surface area contributed by atoms with Crippen LogP contribution < -0.4 is 18.9 Å². The van der Waals surface area contributed by atoms with Gasteiger partial charge in [0.2, 0.25) is 5.75 Å². The normalized spacial score (nSPS) is 16.0. The smallest absolute Gasteiger partial charge is 0.296 e. The molecule has 0 spiro atoms. The third-order valence-electron chi connectivity index (χ3n) is 7.23. The zero-order valence-electron chi connectivity index (χ0n) is 23.7. The zero-order chi connectivity index (χ0) is 29.8. The maximum absolute atomic E-state index is 13.5. The summed E-state index contributed by atoms with van der Waals surface area (Å²) in [4.78, 5) is 28.2. The van der Waals surface area contributed by atoms with Gasteiger partial charge < -0.3 is 33.4 Å². The predicted molar refractivity (Wildman–Crippen MR) is 155 cm³/mol. The number of likely N-dealkylation sites (tertiary alicyclic amines) is 1. The maximum atomic E-state index is 13.5. The SMILES string of the molecule is COc1cc([C@@H]2C(=C(O)c3ccc(OCc4ccccc4C)cc3)C(=O)C(=O)N2Cc2ccco2)cc(OC)c1OC. The molecule has 1 fully saturated rings. The van der Waals surface area contributed by atoms with Crippen LogP contribution in [0.2, 0.25) is 0 Å². The van der Waals surface area contributed by atoms with E-state index in [1.807, 2.05) is 31.2 Å². The number of furan rings is 1. The van der Waals surface area contributed by atoms with Gasteiger partial charge in [0.1, 0.15) is 23.9 Å². The number of hydrogen-bond donors (Lipinski definition) is 1. The Balaban J connectivity index is 1.55. The number of aryl methyl sites for hydroxylation is 1. The summed E-state index contributed by atoms with van der Waals surface area (Å²) in [5, 5.41) is 11.5. The molecule has 2 heterocycles. The number of carbonyl (C=O) groups is 2. The van der Waals surface area contributed by atoms with Crippen molar-refractivity contribution in [3.8, 4) is 23.0 Å². The van der Waals surface area contributed by atoms with Gasteiger partial charge in [0.25, 0.3) is 11.7 Å². The van der Waals surface area contributed by atoms with Crippen LogP contribution in [0.15, 0.2) is 89.0 Å². The van der Waals surface area contributed by atoms with Crippen molar-refractivity contribution in [2.75, 3.05) is 21.3 Å². The van der Waals surface area contributed by atoms with Crippen LogP contribution in [0.25, 0.3) is 5.76 Å². The predicted octanol–water partition coefficient (Wildman–Crippen LogP) is 5.81. The van der Waals surface area contributed by atoms with E-state index in [9.17, 15) is 14.7 Å². The van der Waals surface area contributed by atoms with Crippen molar-refractivity contribution in [1.29, 1.82) is 0 Å². The molecule has 1 aromatic heterocycles. The minimum Gasteiger partial charge on any atom is -0.507 e. The van der Waals surface area contributed by atoms with Crippen molar-refractivity contribution in [1.82, 2.24) is 4.90 Å². The number of ether oxygens (including phenoxy) is 4. The molecule has 1 saturated heterocycles. The molecule has 1 aliphatic heterocycles. The van der Waals surface area contributed by atoms with Gasteiger partial charge in [-0.3, -0.25) is 9.59 Å². The molecular weight excluding hydrogens is 538 g/mol.